The highest BCUT2D eigenvalue weighted by Crippen LogP contribution is 2.37. The largest absolute Gasteiger partial charge is 0.416 e. The molecule has 13 heteroatoms. The fourth-order valence-corrected chi connectivity index (χ4v) is 6.75. The topological polar surface area (TPSA) is 86.8 Å². The maximum Gasteiger partial charge on any atom is 0.416 e. The van der Waals surface area contributed by atoms with E-state index in [0.717, 1.165) is 17.7 Å². The van der Waals surface area contributed by atoms with Crippen LogP contribution >= 0.6 is 23.2 Å². The van der Waals surface area contributed by atoms with E-state index in [-0.39, 0.29) is 22.9 Å². The van der Waals surface area contributed by atoms with Crippen LogP contribution in [0.4, 0.5) is 18.9 Å². The maximum atomic E-state index is 14.5. The zero-order chi connectivity index (χ0) is 34.2. The van der Waals surface area contributed by atoms with Crippen molar-refractivity contribution in [2.45, 2.75) is 43.4 Å². The highest BCUT2D eigenvalue weighted by atomic mass is 35.5. The SMILES string of the molecule is CCCNC(=O)C(Cc1ccccc1)N(Cc1ccccc1Cl)C(=O)CN(c1cc(C(F)(F)F)ccc1Cl)S(=O)(=O)c1ccccc1. The molecule has 4 aromatic carbocycles. The number of halogens is 5. The van der Waals surface area contributed by atoms with Crippen LogP contribution in [0.25, 0.3) is 0 Å². The van der Waals surface area contributed by atoms with Gasteiger partial charge in [0.05, 0.1) is 21.2 Å². The Hall–Kier alpha value is -4.06. The van der Waals surface area contributed by atoms with Crippen LogP contribution in [0, 0.1) is 0 Å². The molecule has 4 rings (SSSR count). The van der Waals surface area contributed by atoms with Gasteiger partial charge in [0.1, 0.15) is 12.6 Å². The minimum absolute atomic E-state index is 0.0579. The predicted octanol–water partition coefficient (Wildman–Crippen LogP) is 7.37. The fraction of sp³-hybridized carbons (Fsp3) is 0.235. The molecule has 0 aliphatic carbocycles. The molecule has 0 aromatic heterocycles. The van der Waals surface area contributed by atoms with E-state index in [0.29, 0.717) is 33.9 Å². The van der Waals surface area contributed by atoms with Crippen molar-refractivity contribution in [1.82, 2.24) is 10.2 Å². The van der Waals surface area contributed by atoms with E-state index in [1.165, 1.54) is 29.2 Å². The van der Waals surface area contributed by atoms with Crippen LogP contribution in [0.1, 0.15) is 30.0 Å². The van der Waals surface area contributed by atoms with E-state index in [1.54, 1.807) is 60.7 Å². The first-order valence-corrected chi connectivity index (χ1v) is 16.8. The summed E-state index contributed by atoms with van der Waals surface area (Å²) in [6.45, 7) is 0.997. The second kappa shape index (κ2) is 15.7. The van der Waals surface area contributed by atoms with Gasteiger partial charge in [-0.25, -0.2) is 8.42 Å². The Morgan fingerprint density at radius 2 is 1.47 bits per heavy atom. The van der Waals surface area contributed by atoms with Gasteiger partial charge in [0, 0.05) is 24.5 Å². The van der Waals surface area contributed by atoms with E-state index in [2.05, 4.69) is 5.32 Å². The Balaban J connectivity index is 1.87. The lowest BCUT2D eigenvalue weighted by atomic mass is 10.0. The quantitative estimate of drug-likeness (QED) is 0.157. The van der Waals surface area contributed by atoms with Crippen LogP contribution < -0.4 is 9.62 Å². The second-order valence-corrected chi connectivity index (χ2v) is 13.3. The van der Waals surface area contributed by atoms with Gasteiger partial charge in [0.2, 0.25) is 11.8 Å². The van der Waals surface area contributed by atoms with Crippen LogP contribution in [0.3, 0.4) is 0 Å². The number of hydrogen-bond donors (Lipinski definition) is 1. The van der Waals surface area contributed by atoms with Gasteiger partial charge >= 0.3 is 6.18 Å². The number of rotatable bonds is 13. The van der Waals surface area contributed by atoms with Crippen LogP contribution in [-0.4, -0.2) is 44.3 Å². The molecule has 2 amide bonds. The number of nitrogens with one attached hydrogen (secondary N) is 1. The average Bonchev–Trinajstić information content (AvgIpc) is 3.05. The summed E-state index contributed by atoms with van der Waals surface area (Å²) in [5, 5.41) is 2.79. The number of hydrogen-bond acceptors (Lipinski definition) is 4. The smallest absolute Gasteiger partial charge is 0.354 e. The van der Waals surface area contributed by atoms with Crippen molar-refractivity contribution in [2.24, 2.45) is 0 Å². The van der Waals surface area contributed by atoms with Gasteiger partial charge in [0.25, 0.3) is 10.0 Å². The molecule has 1 atom stereocenters. The lowest BCUT2D eigenvalue weighted by molar-refractivity contribution is -0.140. The van der Waals surface area contributed by atoms with Crippen molar-refractivity contribution in [3.05, 3.63) is 130 Å². The van der Waals surface area contributed by atoms with Crippen molar-refractivity contribution < 1.29 is 31.2 Å². The molecule has 0 aliphatic rings. The summed E-state index contributed by atoms with van der Waals surface area (Å²) >= 11 is 12.8. The molecular formula is C34H32Cl2F3N3O4S. The number of carbonyl (C=O) groups excluding carboxylic acids is 2. The molecule has 0 fully saturated rings. The molecule has 248 valence electrons. The summed E-state index contributed by atoms with van der Waals surface area (Å²) in [4.78, 5) is 29.1. The first-order chi connectivity index (χ1) is 22.3. The van der Waals surface area contributed by atoms with Crippen molar-refractivity contribution in [3.8, 4) is 0 Å². The number of carbonyl (C=O) groups is 2. The molecule has 0 bridgehead atoms. The first kappa shape index (κ1) is 35.8. The van der Waals surface area contributed by atoms with Crippen LogP contribution in [-0.2, 0) is 38.8 Å². The van der Waals surface area contributed by atoms with Crippen molar-refractivity contribution in [1.29, 1.82) is 0 Å². The highest BCUT2D eigenvalue weighted by molar-refractivity contribution is 7.92. The molecule has 0 heterocycles. The monoisotopic (exact) mass is 705 g/mol. The molecule has 0 saturated carbocycles. The number of alkyl halides is 3. The average molecular weight is 707 g/mol. The normalized spacial score (nSPS) is 12.3. The van der Waals surface area contributed by atoms with Crippen molar-refractivity contribution in [2.75, 3.05) is 17.4 Å². The molecule has 0 aliphatic heterocycles. The van der Waals surface area contributed by atoms with Gasteiger partial charge in [-0.15, -0.1) is 0 Å². The van der Waals surface area contributed by atoms with E-state index in [4.69, 9.17) is 23.2 Å². The molecule has 4 aromatic rings. The molecule has 1 unspecified atom stereocenters. The Morgan fingerprint density at radius 1 is 0.851 bits per heavy atom. The van der Waals surface area contributed by atoms with Crippen molar-refractivity contribution in [3.63, 3.8) is 0 Å². The summed E-state index contributed by atoms with van der Waals surface area (Å²) in [6.07, 6.45) is -4.17. The third-order valence-corrected chi connectivity index (χ3v) is 9.73. The molecule has 0 radical (unpaired) electrons. The summed E-state index contributed by atoms with van der Waals surface area (Å²) in [6, 6.07) is 23.6. The Labute approximate surface area is 282 Å². The van der Waals surface area contributed by atoms with Crippen LogP contribution in [0.2, 0.25) is 10.0 Å². The van der Waals surface area contributed by atoms with Crippen LogP contribution in [0.5, 0.6) is 0 Å². The lowest BCUT2D eigenvalue weighted by Crippen LogP contribution is -2.53. The fourth-order valence-electron chi connectivity index (χ4n) is 4.84. The minimum atomic E-state index is -4.83. The van der Waals surface area contributed by atoms with Gasteiger partial charge in [-0.2, -0.15) is 13.2 Å². The van der Waals surface area contributed by atoms with E-state index in [9.17, 15) is 31.2 Å². The highest BCUT2D eigenvalue weighted by Gasteiger charge is 2.37. The third kappa shape index (κ3) is 9.06. The molecular weight excluding hydrogens is 674 g/mol. The standard InChI is InChI=1S/C34H32Cl2F3N3O4S/c1-2-19-40-33(44)31(20-24-11-5-3-6-12-24)41(22-25-13-9-10-16-28(25)35)32(43)23-42(47(45,46)27-14-7-4-8-15-27)30-21-26(34(37,38)39)17-18-29(30)36/h3-18,21,31H,2,19-20,22-23H2,1H3,(H,40,44). The molecule has 0 spiro atoms. The second-order valence-electron chi connectivity index (χ2n) is 10.6. The number of sulfonamides is 1. The van der Waals surface area contributed by atoms with E-state index >= 15 is 0 Å². The maximum absolute atomic E-state index is 14.5. The number of benzene rings is 4. The lowest BCUT2D eigenvalue weighted by Gasteiger charge is -2.34. The predicted molar refractivity (Wildman–Crippen MR) is 177 cm³/mol. The molecule has 0 saturated heterocycles. The number of anilines is 1. The third-order valence-electron chi connectivity index (χ3n) is 7.27. The van der Waals surface area contributed by atoms with Crippen molar-refractivity contribution >= 4 is 50.7 Å². The summed E-state index contributed by atoms with van der Waals surface area (Å²) in [7, 11) is -4.66. The number of nitrogens with zero attached hydrogens (tertiary/aromatic N) is 2. The van der Waals surface area contributed by atoms with E-state index in [1.807, 2.05) is 6.92 Å². The number of amides is 2. The van der Waals surface area contributed by atoms with Gasteiger partial charge in [-0.1, -0.05) is 96.9 Å². The summed E-state index contributed by atoms with van der Waals surface area (Å²) in [5.74, 6) is -1.36. The summed E-state index contributed by atoms with van der Waals surface area (Å²) in [5.41, 5.74) is -0.521. The summed E-state index contributed by atoms with van der Waals surface area (Å²) < 4.78 is 70.1. The van der Waals surface area contributed by atoms with Gasteiger partial charge in [0.15, 0.2) is 0 Å². The Bertz CT molecular complexity index is 1790. The van der Waals surface area contributed by atoms with Gasteiger partial charge < -0.3 is 10.2 Å². The van der Waals surface area contributed by atoms with Gasteiger partial charge in [-0.05, 0) is 53.9 Å². The van der Waals surface area contributed by atoms with Gasteiger partial charge in [-0.3, -0.25) is 13.9 Å². The Morgan fingerprint density at radius 3 is 2.09 bits per heavy atom. The minimum Gasteiger partial charge on any atom is -0.354 e. The van der Waals surface area contributed by atoms with E-state index < -0.39 is 51.9 Å². The molecule has 7 nitrogen and oxygen atoms in total. The first-order valence-electron chi connectivity index (χ1n) is 14.6. The van der Waals surface area contributed by atoms with Crippen LogP contribution in [0.15, 0.2) is 108 Å². The molecule has 1 N–H and O–H groups in total. The molecule has 47 heavy (non-hydrogen) atoms. The Kier molecular flexibility index (Phi) is 11.9. The zero-order valence-corrected chi connectivity index (χ0v) is 27.6. The zero-order valence-electron chi connectivity index (χ0n) is 25.3.